The molecule has 0 spiro atoms. The van der Waals surface area contributed by atoms with Crippen molar-refractivity contribution in [2.24, 2.45) is 0 Å². The van der Waals surface area contributed by atoms with Crippen molar-refractivity contribution in [3.8, 4) is 5.75 Å². The molecule has 0 saturated heterocycles. The summed E-state index contributed by atoms with van der Waals surface area (Å²) in [6.07, 6.45) is 0. The first kappa shape index (κ1) is 25.7. The molecule has 4 aromatic carbocycles. The van der Waals surface area contributed by atoms with Crippen LogP contribution in [0.3, 0.4) is 0 Å². The summed E-state index contributed by atoms with van der Waals surface area (Å²) in [5, 5.41) is 12.6. The monoisotopic (exact) mass is 518 g/mol. The summed E-state index contributed by atoms with van der Waals surface area (Å²) in [5.74, 6) is 0.465. The van der Waals surface area contributed by atoms with E-state index in [0.29, 0.717) is 30.0 Å². The van der Waals surface area contributed by atoms with Crippen molar-refractivity contribution in [3.05, 3.63) is 125 Å². The Morgan fingerprint density at radius 1 is 0.795 bits per heavy atom. The third-order valence-corrected chi connectivity index (χ3v) is 6.71. The first-order valence-corrected chi connectivity index (χ1v) is 12.8. The predicted octanol–water partition coefficient (Wildman–Crippen LogP) is 5.89. The van der Waals surface area contributed by atoms with Gasteiger partial charge < -0.3 is 15.4 Å². The maximum absolute atomic E-state index is 13.0. The van der Waals surface area contributed by atoms with Gasteiger partial charge in [-0.05, 0) is 72.1 Å². The van der Waals surface area contributed by atoms with E-state index in [1.54, 1.807) is 25.2 Å². The van der Waals surface area contributed by atoms with Gasteiger partial charge in [-0.1, -0.05) is 54.6 Å². The van der Waals surface area contributed by atoms with E-state index in [0.717, 1.165) is 33.7 Å². The van der Waals surface area contributed by atoms with Crippen LogP contribution in [0, 0.1) is 13.8 Å². The van der Waals surface area contributed by atoms with Crippen LogP contribution in [-0.4, -0.2) is 28.6 Å². The molecule has 2 amide bonds. The largest absolute Gasteiger partial charge is 0.489 e. The second-order valence-electron chi connectivity index (χ2n) is 9.43. The molecule has 5 rings (SSSR count). The minimum Gasteiger partial charge on any atom is -0.489 e. The van der Waals surface area contributed by atoms with Crippen LogP contribution in [0.2, 0.25) is 0 Å². The summed E-state index contributed by atoms with van der Waals surface area (Å²) in [4.78, 5) is 25.0. The molecule has 7 nitrogen and oxygen atoms in total. The lowest BCUT2D eigenvalue weighted by atomic mass is 10.1. The normalized spacial score (nSPS) is 10.8. The van der Waals surface area contributed by atoms with Crippen LogP contribution >= 0.6 is 0 Å². The molecule has 1 aromatic heterocycles. The number of hydrogen-bond acceptors (Lipinski definition) is 4. The molecule has 5 aromatic rings. The van der Waals surface area contributed by atoms with E-state index >= 15 is 0 Å². The van der Waals surface area contributed by atoms with E-state index in [4.69, 9.17) is 4.74 Å². The van der Waals surface area contributed by atoms with Gasteiger partial charge in [-0.2, -0.15) is 5.10 Å². The van der Waals surface area contributed by atoms with Crippen LogP contribution in [0.25, 0.3) is 10.8 Å². The number of hydrogen-bond donors (Lipinski definition) is 2. The van der Waals surface area contributed by atoms with Crippen LogP contribution in [0.5, 0.6) is 5.75 Å². The highest BCUT2D eigenvalue weighted by atomic mass is 16.5. The summed E-state index contributed by atoms with van der Waals surface area (Å²) in [5.41, 5.74) is 5.31. The van der Waals surface area contributed by atoms with Crippen molar-refractivity contribution in [1.82, 2.24) is 15.1 Å². The van der Waals surface area contributed by atoms with Gasteiger partial charge >= 0.3 is 0 Å². The minimum atomic E-state index is -0.204. The molecular weight excluding hydrogens is 488 g/mol. The number of nitrogens with one attached hydrogen (secondary N) is 2. The zero-order chi connectivity index (χ0) is 27.4. The Hall–Kier alpha value is -4.91. The van der Waals surface area contributed by atoms with E-state index in [1.807, 2.05) is 79.2 Å². The Bertz CT molecular complexity index is 1650. The van der Waals surface area contributed by atoms with Gasteiger partial charge in [-0.15, -0.1) is 0 Å². The third kappa shape index (κ3) is 5.83. The van der Waals surface area contributed by atoms with Gasteiger partial charge in [0.25, 0.3) is 11.8 Å². The highest BCUT2D eigenvalue weighted by Crippen LogP contribution is 2.23. The van der Waals surface area contributed by atoms with Gasteiger partial charge in [-0.25, -0.2) is 0 Å². The molecule has 0 aliphatic rings. The molecule has 1 heterocycles. The molecular formula is C32H30N4O3. The average Bonchev–Trinajstić information content (AvgIpc) is 3.23. The van der Waals surface area contributed by atoms with E-state index in [-0.39, 0.29) is 11.8 Å². The second-order valence-corrected chi connectivity index (χ2v) is 9.43. The number of fused-ring (bicyclic) bond motifs is 1. The molecule has 0 bridgehead atoms. The van der Waals surface area contributed by atoms with Crippen molar-refractivity contribution in [3.63, 3.8) is 0 Å². The Morgan fingerprint density at radius 3 is 2.33 bits per heavy atom. The highest BCUT2D eigenvalue weighted by Gasteiger charge is 2.16. The Kier molecular flexibility index (Phi) is 7.41. The highest BCUT2D eigenvalue weighted by molar-refractivity contribution is 6.04. The standard InChI is InChI=1S/C32H30N4O3/c1-21-30(22(2)36(35-21)19-24-7-6-10-28(17-24)31(37)33-3)34-32(38)26-13-11-23(12-14-26)20-39-29-16-15-25-8-4-5-9-27(25)18-29/h4-18H,19-20H2,1-3H3,(H,33,37)(H,34,38). The Balaban J connectivity index is 1.23. The fraction of sp³-hybridized carbons (Fsp3) is 0.156. The first-order valence-electron chi connectivity index (χ1n) is 12.8. The van der Waals surface area contributed by atoms with Crippen LogP contribution in [-0.2, 0) is 13.2 Å². The molecule has 0 aliphatic heterocycles. The number of nitrogens with zero attached hydrogens (tertiary/aromatic N) is 2. The number of carbonyl (C=O) groups is 2. The minimum absolute atomic E-state index is 0.135. The molecule has 0 aliphatic carbocycles. The van der Waals surface area contributed by atoms with Crippen molar-refractivity contribution >= 4 is 28.3 Å². The number of rotatable bonds is 8. The van der Waals surface area contributed by atoms with E-state index < -0.39 is 0 Å². The van der Waals surface area contributed by atoms with Crippen molar-refractivity contribution in [2.45, 2.75) is 27.0 Å². The summed E-state index contributed by atoms with van der Waals surface area (Å²) >= 11 is 0. The number of benzene rings is 4. The second kappa shape index (κ2) is 11.2. The number of amides is 2. The smallest absolute Gasteiger partial charge is 0.255 e. The van der Waals surface area contributed by atoms with Crippen molar-refractivity contribution < 1.29 is 14.3 Å². The predicted molar refractivity (Wildman–Crippen MR) is 153 cm³/mol. The van der Waals surface area contributed by atoms with E-state index in [1.165, 1.54) is 5.39 Å². The van der Waals surface area contributed by atoms with Gasteiger partial charge in [0.15, 0.2) is 0 Å². The van der Waals surface area contributed by atoms with Crippen LogP contribution in [0.15, 0.2) is 91.0 Å². The lowest BCUT2D eigenvalue weighted by molar-refractivity contribution is 0.0962. The van der Waals surface area contributed by atoms with Gasteiger partial charge in [0, 0.05) is 18.2 Å². The number of anilines is 1. The van der Waals surface area contributed by atoms with Crippen molar-refractivity contribution in [1.29, 1.82) is 0 Å². The van der Waals surface area contributed by atoms with Gasteiger partial charge in [0.1, 0.15) is 12.4 Å². The van der Waals surface area contributed by atoms with Crippen LogP contribution in [0.4, 0.5) is 5.69 Å². The summed E-state index contributed by atoms with van der Waals surface area (Å²) in [7, 11) is 1.61. The summed E-state index contributed by atoms with van der Waals surface area (Å²) in [6, 6.07) is 29.0. The van der Waals surface area contributed by atoms with Crippen molar-refractivity contribution in [2.75, 3.05) is 12.4 Å². The first-order chi connectivity index (χ1) is 18.9. The lowest BCUT2D eigenvalue weighted by Crippen LogP contribution is -2.18. The molecule has 0 radical (unpaired) electrons. The fourth-order valence-electron chi connectivity index (χ4n) is 4.52. The Labute approximate surface area is 227 Å². The maximum atomic E-state index is 13.0. The van der Waals surface area contributed by atoms with Crippen LogP contribution in [0.1, 0.15) is 43.2 Å². The number of aromatic nitrogens is 2. The zero-order valence-corrected chi connectivity index (χ0v) is 22.2. The molecule has 0 unspecified atom stereocenters. The van der Waals surface area contributed by atoms with Gasteiger partial charge in [-0.3, -0.25) is 14.3 Å². The summed E-state index contributed by atoms with van der Waals surface area (Å²) in [6.45, 7) is 4.68. The zero-order valence-electron chi connectivity index (χ0n) is 22.2. The number of ether oxygens (including phenoxy) is 1. The van der Waals surface area contributed by atoms with E-state index in [2.05, 4.69) is 27.9 Å². The van der Waals surface area contributed by atoms with Crippen LogP contribution < -0.4 is 15.4 Å². The molecule has 196 valence electrons. The van der Waals surface area contributed by atoms with E-state index in [9.17, 15) is 9.59 Å². The van der Waals surface area contributed by atoms with Gasteiger partial charge in [0.2, 0.25) is 0 Å². The maximum Gasteiger partial charge on any atom is 0.255 e. The molecule has 7 heteroatoms. The number of carbonyl (C=O) groups excluding carboxylic acids is 2. The van der Waals surface area contributed by atoms with Gasteiger partial charge in [0.05, 0.1) is 23.6 Å². The molecule has 0 fully saturated rings. The number of aryl methyl sites for hydroxylation is 1. The fourth-order valence-corrected chi connectivity index (χ4v) is 4.52. The summed E-state index contributed by atoms with van der Waals surface area (Å²) < 4.78 is 7.81. The third-order valence-electron chi connectivity index (χ3n) is 6.71. The average molecular weight is 519 g/mol. The molecule has 2 N–H and O–H groups in total. The molecule has 0 atom stereocenters. The quantitative estimate of drug-likeness (QED) is 0.268. The SMILES string of the molecule is CNC(=O)c1cccc(Cn2nc(C)c(NC(=O)c3ccc(COc4ccc5ccccc5c4)cc3)c2C)c1. The molecule has 39 heavy (non-hydrogen) atoms. The Morgan fingerprint density at radius 2 is 1.56 bits per heavy atom. The topological polar surface area (TPSA) is 85.3 Å². The molecule has 0 saturated carbocycles. The lowest BCUT2D eigenvalue weighted by Gasteiger charge is -2.10.